The van der Waals surface area contributed by atoms with Crippen LogP contribution in [0.5, 0.6) is 0 Å². The van der Waals surface area contributed by atoms with E-state index in [4.69, 9.17) is 11.6 Å². The topological polar surface area (TPSA) is 15.3 Å². The second kappa shape index (κ2) is 3.60. The van der Waals surface area contributed by atoms with Gasteiger partial charge in [-0.2, -0.15) is 0 Å². The highest BCUT2D eigenvalue weighted by atomic mass is 35.5. The predicted octanol–water partition coefficient (Wildman–Crippen LogP) is 3.29. The van der Waals surface area contributed by atoms with Crippen LogP contribution in [0.4, 0.5) is 11.4 Å². The molecule has 0 spiro atoms. The second-order valence-corrected chi connectivity index (χ2v) is 4.76. The molecule has 2 atom stereocenters. The van der Waals surface area contributed by atoms with Crippen molar-refractivity contribution in [3.8, 4) is 0 Å². The molecule has 3 heteroatoms. The summed E-state index contributed by atoms with van der Waals surface area (Å²) in [5.41, 5.74) is 3.55. The maximum atomic E-state index is 6.12. The van der Waals surface area contributed by atoms with Crippen molar-refractivity contribution in [1.29, 1.82) is 0 Å². The highest BCUT2D eigenvalue weighted by Crippen LogP contribution is 2.38. The van der Waals surface area contributed by atoms with Gasteiger partial charge in [0.2, 0.25) is 0 Å². The van der Waals surface area contributed by atoms with Gasteiger partial charge in [-0.15, -0.1) is 0 Å². The molecular formula is C12H17ClN2. The number of hydrogen-bond acceptors (Lipinski definition) is 2. The first kappa shape index (κ1) is 10.6. The zero-order valence-corrected chi connectivity index (χ0v) is 10.4. The van der Waals surface area contributed by atoms with Crippen molar-refractivity contribution in [3.63, 3.8) is 0 Å². The normalized spacial score (nSPS) is 24.7. The highest BCUT2D eigenvalue weighted by Gasteiger charge is 2.26. The Hall–Kier alpha value is -0.890. The monoisotopic (exact) mass is 224 g/mol. The third-order valence-electron chi connectivity index (χ3n) is 3.46. The lowest BCUT2D eigenvalue weighted by Crippen LogP contribution is -2.45. The van der Waals surface area contributed by atoms with E-state index in [1.54, 1.807) is 0 Å². The van der Waals surface area contributed by atoms with Gasteiger partial charge in [-0.25, -0.2) is 0 Å². The summed E-state index contributed by atoms with van der Waals surface area (Å²) in [6, 6.07) is 4.99. The summed E-state index contributed by atoms with van der Waals surface area (Å²) in [7, 11) is 2.13. The van der Waals surface area contributed by atoms with Gasteiger partial charge >= 0.3 is 0 Å². The molecule has 1 aromatic carbocycles. The van der Waals surface area contributed by atoms with Gasteiger partial charge in [0.1, 0.15) is 0 Å². The Bertz CT molecular complexity index is 389. The van der Waals surface area contributed by atoms with Crippen LogP contribution < -0.4 is 10.2 Å². The Morgan fingerprint density at radius 3 is 2.67 bits per heavy atom. The van der Waals surface area contributed by atoms with E-state index in [0.717, 1.165) is 10.6 Å². The summed E-state index contributed by atoms with van der Waals surface area (Å²) >= 11 is 6.12. The molecule has 2 rings (SSSR count). The molecule has 2 nitrogen and oxygen atoms in total. The van der Waals surface area contributed by atoms with Crippen molar-refractivity contribution in [3.05, 3.63) is 22.7 Å². The predicted molar refractivity (Wildman–Crippen MR) is 67.1 cm³/mol. The van der Waals surface area contributed by atoms with E-state index in [0.29, 0.717) is 12.1 Å². The van der Waals surface area contributed by atoms with Crippen molar-refractivity contribution < 1.29 is 0 Å². The largest absolute Gasteiger partial charge is 0.379 e. The van der Waals surface area contributed by atoms with Gasteiger partial charge in [0.25, 0.3) is 0 Å². The minimum Gasteiger partial charge on any atom is -0.379 e. The van der Waals surface area contributed by atoms with E-state index >= 15 is 0 Å². The quantitative estimate of drug-likeness (QED) is 0.728. The Morgan fingerprint density at radius 1 is 1.33 bits per heavy atom. The minimum atomic E-state index is 0.444. The number of fused-ring (bicyclic) bond motifs is 1. The number of nitrogens with zero attached hydrogens (tertiary/aromatic N) is 1. The fraction of sp³-hybridized carbons (Fsp3) is 0.500. The molecular weight excluding hydrogens is 208 g/mol. The molecule has 0 saturated carbocycles. The number of rotatable bonds is 0. The molecule has 0 bridgehead atoms. The zero-order chi connectivity index (χ0) is 11.2. The first-order valence-electron chi connectivity index (χ1n) is 5.31. The summed E-state index contributed by atoms with van der Waals surface area (Å²) in [6.07, 6.45) is 0. The van der Waals surface area contributed by atoms with Crippen LogP contribution in [0.2, 0.25) is 5.02 Å². The first-order valence-corrected chi connectivity index (χ1v) is 5.68. The van der Waals surface area contributed by atoms with Crippen LogP contribution in [0, 0.1) is 6.92 Å². The number of anilines is 2. The van der Waals surface area contributed by atoms with Gasteiger partial charge < -0.3 is 10.2 Å². The van der Waals surface area contributed by atoms with E-state index in [1.807, 2.05) is 6.07 Å². The van der Waals surface area contributed by atoms with Gasteiger partial charge in [0.05, 0.1) is 11.4 Å². The number of hydrogen-bond donors (Lipinski definition) is 1. The Morgan fingerprint density at radius 2 is 2.00 bits per heavy atom. The molecule has 1 aromatic rings. The molecule has 15 heavy (non-hydrogen) atoms. The molecule has 1 heterocycles. The third-order valence-corrected chi connectivity index (χ3v) is 3.87. The molecule has 0 aliphatic carbocycles. The Kier molecular flexibility index (Phi) is 2.55. The average Bonchev–Trinajstić information content (AvgIpc) is 2.21. The lowest BCUT2D eigenvalue weighted by atomic mass is 10.0. The van der Waals surface area contributed by atoms with E-state index in [-0.39, 0.29) is 0 Å². The summed E-state index contributed by atoms with van der Waals surface area (Å²) in [5.74, 6) is 0. The summed E-state index contributed by atoms with van der Waals surface area (Å²) < 4.78 is 0. The number of halogens is 1. The average molecular weight is 225 g/mol. The molecule has 82 valence electrons. The molecule has 0 radical (unpaired) electrons. The van der Waals surface area contributed by atoms with Crippen LogP contribution in [0.3, 0.4) is 0 Å². The second-order valence-electron chi connectivity index (χ2n) is 4.35. The lowest BCUT2D eigenvalue weighted by molar-refractivity contribution is 0.586. The first-order chi connectivity index (χ1) is 7.02. The van der Waals surface area contributed by atoms with Gasteiger partial charge in [0.15, 0.2) is 0 Å². The van der Waals surface area contributed by atoms with Crippen LogP contribution >= 0.6 is 11.6 Å². The van der Waals surface area contributed by atoms with E-state index in [1.165, 1.54) is 11.4 Å². The van der Waals surface area contributed by atoms with Crippen LogP contribution in [0.1, 0.15) is 19.4 Å². The van der Waals surface area contributed by atoms with Gasteiger partial charge in [-0.1, -0.05) is 11.6 Å². The molecule has 0 fully saturated rings. The molecule has 0 amide bonds. The number of benzene rings is 1. The highest BCUT2D eigenvalue weighted by molar-refractivity contribution is 6.32. The zero-order valence-electron chi connectivity index (χ0n) is 9.63. The molecule has 1 aliphatic rings. The van der Waals surface area contributed by atoms with Crippen molar-refractivity contribution in [2.75, 3.05) is 17.3 Å². The van der Waals surface area contributed by atoms with Crippen molar-refractivity contribution >= 4 is 23.0 Å². The van der Waals surface area contributed by atoms with Gasteiger partial charge in [-0.05, 0) is 38.5 Å². The minimum absolute atomic E-state index is 0.444. The molecule has 1 aliphatic heterocycles. The van der Waals surface area contributed by atoms with Crippen LogP contribution in [-0.2, 0) is 0 Å². The Labute approximate surface area is 96.2 Å². The van der Waals surface area contributed by atoms with E-state index < -0.39 is 0 Å². The number of likely N-dealkylation sites (N-methyl/N-ethyl adjacent to an activating group) is 1. The fourth-order valence-electron chi connectivity index (χ4n) is 2.05. The van der Waals surface area contributed by atoms with Gasteiger partial charge in [-0.3, -0.25) is 0 Å². The van der Waals surface area contributed by atoms with Gasteiger partial charge in [0, 0.05) is 24.2 Å². The maximum absolute atomic E-state index is 6.12. The summed E-state index contributed by atoms with van der Waals surface area (Å²) in [5, 5.41) is 4.35. The van der Waals surface area contributed by atoms with E-state index in [2.05, 4.69) is 44.1 Å². The third kappa shape index (κ3) is 1.57. The van der Waals surface area contributed by atoms with Crippen molar-refractivity contribution in [2.45, 2.75) is 32.9 Å². The van der Waals surface area contributed by atoms with Crippen molar-refractivity contribution in [2.24, 2.45) is 0 Å². The fourth-order valence-corrected chi connectivity index (χ4v) is 2.21. The lowest BCUT2D eigenvalue weighted by Gasteiger charge is -2.40. The summed E-state index contributed by atoms with van der Waals surface area (Å²) in [6.45, 7) is 6.49. The van der Waals surface area contributed by atoms with Crippen LogP contribution in [0.15, 0.2) is 12.1 Å². The van der Waals surface area contributed by atoms with Crippen LogP contribution in [-0.4, -0.2) is 19.1 Å². The standard InChI is InChI=1S/C12H17ClN2/c1-7-10(13)5-6-11-12(7)14-8(2)9(3)15(11)4/h5-6,8-9,14H,1-4H3. The Balaban J connectivity index is 2.55. The molecule has 1 N–H and O–H groups in total. The van der Waals surface area contributed by atoms with Crippen molar-refractivity contribution in [1.82, 2.24) is 0 Å². The maximum Gasteiger partial charge on any atom is 0.0625 e. The molecule has 0 saturated heterocycles. The van der Waals surface area contributed by atoms with Crippen LogP contribution in [0.25, 0.3) is 0 Å². The smallest absolute Gasteiger partial charge is 0.0625 e. The summed E-state index contributed by atoms with van der Waals surface area (Å²) in [4.78, 5) is 2.31. The molecule has 2 unspecified atom stereocenters. The number of nitrogens with one attached hydrogen (secondary N) is 1. The van der Waals surface area contributed by atoms with E-state index in [9.17, 15) is 0 Å². The molecule has 0 aromatic heterocycles. The SMILES string of the molecule is Cc1c(Cl)ccc2c1NC(C)C(C)N2C.